The molecule has 1 aliphatic rings. The number of aliphatic imine (C=N–C) groups is 1. The Kier molecular flexibility index (Phi) is 8.38. The van der Waals surface area contributed by atoms with E-state index in [0.29, 0.717) is 12.1 Å². The first-order valence-corrected chi connectivity index (χ1v) is 9.03. The van der Waals surface area contributed by atoms with Crippen LogP contribution in [0, 0.1) is 0 Å². The van der Waals surface area contributed by atoms with Gasteiger partial charge in [-0.1, -0.05) is 60.7 Å². The molecule has 0 spiro atoms. The van der Waals surface area contributed by atoms with Crippen molar-refractivity contribution in [2.45, 2.75) is 38.5 Å². The molecule has 1 fully saturated rings. The third-order valence-corrected chi connectivity index (χ3v) is 4.80. The van der Waals surface area contributed by atoms with Gasteiger partial charge in [0.05, 0.1) is 0 Å². The fourth-order valence-corrected chi connectivity index (χ4v) is 3.41. The molecule has 140 valence electrons. The van der Waals surface area contributed by atoms with E-state index in [2.05, 4.69) is 82.0 Å². The molecule has 1 aliphatic heterocycles. The van der Waals surface area contributed by atoms with Gasteiger partial charge in [0.15, 0.2) is 5.96 Å². The number of likely N-dealkylation sites (tertiary alicyclic amines) is 1. The number of benzene rings is 2. The Morgan fingerprint density at radius 2 is 1.65 bits per heavy atom. The second-order valence-corrected chi connectivity index (χ2v) is 6.75. The largest absolute Gasteiger partial charge is 0.352 e. The number of halogens is 1. The summed E-state index contributed by atoms with van der Waals surface area (Å²) >= 11 is 0. The minimum absolute atomic E-state index is 0. The molecule has 2 N–H and O–H groups in total. The van der Waals surface area contributed by atoms with E-state index in [1.54, 1.807) is 0 Å². The molecule has 2 atom stereocenters. The summed E-state index contributed by atoms with van der Waals surface area (Å²) in [5, 5.41) is 6.99. The molecule has 2 aromatic carbocycles. The lowest BCUT2D eigenvalue weighted by Crippen LogP contribution is -2.44. The fraction of sp³-hybridized carbons (Fsp3) is 0.381. The molecule has 0 bridgehead atoms. The Balaban J connectivity index is 0.00000243. The van der Waals surface area contributed by atoms with Gasteiger partial charge in [0.1, 0.15) is 0 Å². The predicted octanol–water partition coefficient (Wildman–Crippen LogP) is 3.63. The summed E-state index contributed by atoms with van der Waals surface area (Å²) in [6.07, 6.45) is 1.14. The molecule has 2 aromatic rings. The van der Waals surface area contributed by atoms with Crippen LogP contribution in [-0.4, -0.2) is 36.5 Å². The van der Waals surface area contributed by atoms with E-state index in [4.69, 9.17) is 0 Å². The zero-order valence-corrected chi connectivity index (χ0v) is 17.9. The highest BCUT2D eigenvalue weighted by molar-refractivity contribution is 14.0. The number of rotatable bonds is 5. The van der Waals surface area contributed by atoms with E-state index >= 15 is 0 Å². The molecule has 1 saturated heterocycles. The second-order valence-electron chi connectivity index (χ2n) is 6.75. The van der Waals surface area contributed by atoms with Crippen molar-refractivity contribution in [2.75, 3.05) is 13.6 Å². The molecule has 0 amide bonds. The van der Waals surface area contributed by atoms with Crippen molar-refractivity contribution in [1.82, 2.24) is 15.5 Å². The molecule has 4 nitrogen and oxygen atoms in total. The Labute approximate surface area is 174 Å². The van der Waals surface area contributed by atoms with Gasteiger partial charge in [0.2, 0.25) is 0 Å². The zero-order chi connectivity index (χ0) is 17.5. The van der Waals surface area contributed by atoms with Crippen LogP contribution in [0.5, 0.6) is 0 Å². The maximum absolute atomic E-state index is 4.38. The van der Waals surface area contributed by atoms with Crippen molar-refractivity contribution in [3.63, 3.8) is 0 Å². The lowest BCUT2D eigenvalue weighted by atomic mass is 10.2. The summed E-state index contributed by atoms with van der Waals surface area (Å²) in [6, 6.07) is 22.1. The van der Waals surface area contributed by atoms with Gasteiger partial charge in [-0.2, -0.15) is 0 Å². The SMILES string of the molecule is CN=C(NCc1ccccc1)NC1CC(C)N(Cc2ccccc2)C1.I. The number of guanidine groups is 1. The van der Waals surface area contributed by atoms with Crippen LogP contribution in [0.1, 0.15) is 24.5 Å². The molecule has 2 unspecified atom stereocenters. The van der Waals surface area contributed by atoms with Gasteiger partial charge < -0.3 is 10.6 Å². The molecule has 1 heterocycles. The standard InChI is InChI=1S/C21H28N4.HI/c1-17-13-20(16-25(17)15-19-11-7-4-8-12-19)24-21(22-2)23-14-18-9-5-3-6-10-18;/h3-12,17,20H,13-16H2,1-2H3,(H2,22,23,24);1H. The van der Waals surface area contributed by atoms with Gasteiger partial charge in [-0.15, -0.1) is 24.0 Å². The third-order valence-electron chi connectivity index (χ3n) is 4.80. The van der Waals surface area contributed by atoms with Gasteiger partial charge in [-0.3, -0.25) is 9.89 Å². The molecule has 0 saturated carbocycles. The quantitative estimate of drug-likeness (QED) is 0.404. The second kappa shape index (κ2) is 10.5. The van der Waals surface area contributed by atoms with Gasteiger partial charge in [-0.25, -0.2) is 0 Å². The summed E-state index contributed by atoms with van der Waals surface area (Å²) in [7, 11) is 1.83. The van der Waals surface area contributed by atoms with Crippen LogP contribution >= 0.6 is 24.0 Å². The van der Waals surface area contributed by atoms with Crippen molar-refractivity contribution >= 4 is 29.9 Å². The zero-order valence-electron chi connectivity index (χ0n) is 15.6. The highest BCUT2D eigenvalue weighted by atomic mass is 127. The van der Waals surface area contributed by atoms with Gasteiger partial charge in [0.25, 0.3) is 0 Å². The number of hydrogen-bond acceptors (Lipinski definition) is 2. The first-order chi connectivity index (χ1) is 12.2. The first kappa shape index (κ1) is 20.7. The third kappa shape index (κ3) is 5.99. The maximum Gasteiger partial charge on any atom is 0.191 e. The average Bonchev–Trinajstić information content (AvgIpc) is 2.99. The monoisotopic (exact) mass is 464 g/mol. The summed E-state index contributed by atoms with van der Waals surface area (Å²) in [6.45, 7) is 5.15. The molecule has 0 aromatic heterocycles. The van der Waals surface area contributed by atoms with Crippen LogP contribution < -0.4 is 10.6 Å². The van der Waals surface area contributed by atoms with E-state index in [1.165, 1.54) is 11.1 Å². The summed E-state index contributed by atoms with van der Waals surface area (Å²) in [5.74, 6) is 0.877. The van der Waals surface area contributed by atoms with Crippen LogP contribution in [0.15, 0.2) is 65.7 Å². The molecule has 26 heavy (non-hydrogen) atoms. The average molecular weight is 464 g/mol. The first-order valence-electron chi connectivity index (χ1n) is 9.03. The summed E-state index contributed by atoms with van der Waals surface area (Å²) in [4.78, 5) is 6.92. The molecular formula is C21H29IN4. The Hall–Kier alpha value is -1.60. The normalized spacial score (nSPS) is 20.5. The Bertz CT molecular complexity index is 675. The minimum Gasteiger partial charge on any atom is -0.352 e. The van der Waals surface area contributed by atoms with Crippen molar-refractivity contribution in [3.05, 3.63) is 71.8 Å². The van der Waals surface area contributed by atoms with Crippen LogP contribution in [0.2, 0.25) is 0 Å². The van der Waals surface area contributed by atoms with Gasteiger partial charge in [-0.05, 0) is 24.5 Å². The molecule has 3 rings (SSSR count). The minimum atomic E-state index is 0. The van der Waals surface area contributed by atoms with Crippen molar-refractivity contribution < 1.29 is 0 Å². The summed E-state index contributed by atoms with van der Waals surface area (Å²) in [5.41, 5.74) is 2.64. The lowest BCUT2D eigenvalue weighted by molar-refractivity contribution is 0.258. The lowest BCUT2D eigenvalue weighted by Gasteiger charge is -2.21. The molecular weight excluding hydrogens is 435 g/mol. The Morgan fingerprint density at radius 3 is 2.27 bits per heavy atom. The van der Waals surface area contributed by atoms with Gasteiger partial charge in [0, 0.05) is 38.8 Å². The Morgan fingerprint density at radius 1 is 1.04 bits per heavy atom. The van der Waals surface area contributed by atoms with Crippen molar-refractivity contribution in [2.24, 2.45) is 4.99 Å². The number of nitrogens with zero attached hydrogens (tertiary/aromatic N) is 2. The van der Waals surface area contributed by atoms with Crippen molar-refractivity contribution in [3.8, 4) is 0 Å². The molecule has 5 heteroatoms. The predicted molar refractivity (Wildman–Crippen MR) is 120 cm³/mol. The number of nitrogens with one attached hydrogen (secondary N) is 2. The molecule has 0 radical (unpaired) electrons. The molecule has 0 aliphatic carbocycles. The van der Waals surface area contributed by atoms with Crippen molar-refractivity contribution in [1.29, 1.82) is 0 Å². The van der Waals surface area contributed by atoms with Gasteiger partial charge >= 0.3 is 0 Å². The topological polar surface area (TPSA) is 39.7 Å². The van der Waals surface area contributed by atoms with E-state index in [0.717, 1.165) is 32.0 Å². The highest BCUT2D eigenvalue weighted by Crippen LogP contribution is 2.20. The summed E-state index contributed by atoms with van der Waals surface area (Å²) < 4.78 is 0. The van der Waals surface area contributed by atoms with E-state index in [9.17, 15) is 0 Å². The van der Waals surface area contributed by atoms with Crippen LogP contribution in [0.25, 0.3) is 0 Å². The van der Waals surface area contributed by atoms with Crippen LogP contribution in [0.3, 0.4) is 0 Å². The smallest absolute Gasteiger partial charge is 0.191 e. The van der Waals surface area contributed by atoms with Crippen LogP contribution in [0.4, 0.5) is 0 Å². The van der Waals surface area contributed by atoms with Crippen LogP contribution in [-0.2, 0) is 13.1 Å². The van der Waals surface area contributed by atoms with E-state index in [1.807, 2.05) is 13.1 Å². The highest BCUT2D eigenvalue weighted by Gasteiger charge is 2.29. The maximum atomic E-state index is 4.38. The number of hydrogen-bond donors (Lipinski definition) is 2. The fourth-order valence-electron chi connectivity index (χ4n) is 3.41. The van der Waals surface area contributed by atoms with E-state index < -0.39 is 0 Å². The van der Waals surface area contributed by atoms with E-state index in [-0.39, 0.29) is 24.0 Å².